The molecule has 0 spiro atoms. The number of hydrogen-bond acceptors (Lipinski definition) is 6. The van der Waals surface area contributed by atoms with Crippen molar-refractivity contribution in [3.05, 3.63) is 59.2 Å². The zero-order chi connectivity index (χ0) is 23.3. The number of benzene rings is 2. The average Bonchev–Trinajstić information content (AvgIpc) is 2.79. The minimum Gasteiger partial charge on any atom is -0.493 e. The first kappa shape index (κ1) is 24.9. The van der Waals surface area contributed by atoms with Crippen LogP contribution in [0.2, 0.25) is 0 Å². The van der Waals surface area contributed by atoms with Crippen LogP contribution in [0.3, 0.4) is 0 Å². The summed E-state index contributed by atoms with van der Waals surface area (Å²) in [5, 5.41) is 2.75. The molecule has 172 valence electrons. The molecule has 2 aromatic rings. The van der Waals surface area contributed by atoms with Crippen LogP contribution in [0.25, 0.3) is 0 Å². The van der Waals surface area contributed by atoms with Crippen LogP contribution in [0.4, 0.5) is 0 Å². The van der Waals surface area contributed by atoms with Gasteiger partial charge in [0.1, 0.15) is 6.61 Å². The lowest BCUT2D eigenvalue weighted by Gasteiger charge is -2.11. The van der Waals surface area contributed by atoms with Gasteiger partial charge in [0.25, 0.3) is 0 Å². The summed E-state index contributed by atoms with van der Waals surface area (Å²) in [5.41, 5.74) is 2.85. The van der Waals surface area contributed by atoms with E-state index >= 15 is 0 Å². The van der Waals surface area contributed by atoms with Gasteiger partial charge in [-0.15, -0.1) is 0 Å². The molecule has 0 aliphatic heterocycles. The fraction of sp³-hybridized carbons (Fsp3) is 0.400. The van der Waals surface area contributed by atoms with E-state index in [-0.39, 0.29) is 37.2 Å². The van der Waals surface area contributed by atoms with E-state index in [0.29, 0.717) is 42.9 Å². The second kappa shape index (κ2) is 13.1. The van der Waals surface area contributed by atoms with Crippen molar-refractivity contribution >= 4 is 17.7 Å². The molecule has 7 nitrogen and oxygen atoms in total. The third-order valence-corrected chi connectivity index (χ3v) is 4.80. The van der Waals surface area contributed by atoms with E-state index in [4.69, 9.17) is 14.2 Å². The van der Waals surface area contributed by atoms with Crippen LogP contribution in [-0.2, 0) is 20.7 Å². The van der Waals surface area contributed by atoms with Gasteiger partial charge in [-0.1, -0.05) is 29.8 Å². The molecule has 2 aromatic carbocycles. The summed E-state index contributed by atoms with van der Waals surface area (Å²) in [6.07, 6.45) is 1.74. The fourth-order valence-corrected chi connectivity index (χ4v) is 2.93. The van der Waals surface area contributed by atoms with E-state index < -0.39 is 0 Å². The Hall–Kier alpha value is -3.35. The molecule has 0 radical (unpaired) electrons. The van der Waals surface area contributed by atoms with Gasteiger partial charge in [0.05, 0.1) is 20.3 Å². The normalized spacial score (nSPS) is 10.3. The Balaban J connectivity index is 1.56. The average molecular weight is 442 g/mol. The number of ketones is 1. The van der Waals surface area contributed by atoms with Gasteiger partial charge in [-0.2, -0.15) is 0 Å². The van der Waals surface area contributed by atoms with E-state index in [1.54, 1.807) is 18.2 Å². The third kappa shape index (κ3) is 8.79. The SMILES string of the molecule is COc1cc(C(C)=O)ccc1OCCCC(=O)OCCNC(=O)CCc1ccc(C)cc1. The van der Waals surface area contributed by atoms with Crippen molar-refractivity contribution < 1.29 is 28.6 Å². The number of esters is 1. The van der Waals surface area contributed by atoms with Gasteiger partial charge >= 0.3 is 5.97 Å². The van der Waals surface area contributed by atoms with Crippen LogP contribution in [0.15, 0.2) is 42.5 Å². The molecule has 2 rings (SSSR count). The number of rotatable bonds is 13. The molecule has 0 aromatic heterocycles. The van der Waals surface area contributed by atoms with Crippen molar-refractivity contribution in [3.63, 3.8) is 0 Å². The minimum atomic E-state index is -0.346. The van der Waals surface area contributed by atoms with Crippen molar-refractivity contribution in [2.45, 2.75) is 39.5 Å². The Morgan fingerprint density at radius 1 is 0.938 bits per heavy atom. The maximum atomic E-state index is 11.9. The minimum absolute atomic E-state index is 0.0555. The summed E-state index contributed by atoms with van der Waals surface area (Å²) >= 11 is 0. The largest absolute Gasteiger partial charge is 0.493 e. The van der Waals surface area contributed by atoms with E-state index in [2.05, 4.69) is 5.32 Å². The highest BCUT2D eigenvalue weighted by atomic mass is 16.5. The lowest BCUT2D eigenvalue weighted by molar-refractivity contribution is -0.144. The Kier molecular flexibility index (Phi) is 10.2. The van der Waals surface area contributed by atoms with Gasteiger partial charge in [0, 0.05) is 18.4 Å². The van der Waals surface area contributed by atoms with Crippen molar-refractivity contribution in [1.82, 2.24) is 5.32 Å². The summed E-state index contributed by atoms with van der Waals surface area (Å²) in [6, 6.07) is 13.1. The van der Waals surface area contributed by atoms with Gasteiger partial charge in [0.15, 0.2) is 17.3 Å². The maximum absolute atomic E-state index is 11.9. The number of carbonyl (C=O) groups is 3. The van der Waals surface area contributed by atoms with Gasteiger partial charge in [-0.3, -0.25) is 14.4 Å². The quantitative estimate of drug-likeness (QED) is 0.290. The van der Waals surface area contributed by atoms with E-state index in [9.17, 15) is 14.4 Å². The number of hydrogen-bond donors (Lipinski definition) is 1. The second-order valence-electron chi connectivity index (χ2n) is 7.43. The summed E-state index contributed by atoms with van der Waals surface area (Å²) in [7, 11) is 1.50. The molecule has 0 saturated heterocycles. The molecule has 0 saturated carbocycles. The molecule has 0 heterocycles. The number of ether oxygens (including phenoxy) is 3. The molecule has 1 amide bonds. The van der Waals surface area contributed by atoms with Crippen LogP contribution >= 0.6 is 0 Å². The number of methoxy groups -OCH3 is 1. The Morgan fingerprint density at radius 3 is 2.38 bits per heavy atom. The summed E-state index contributed by atoms with van der Waals surface area (Å²) in [5.74, 6) is 0.513. The predicted molar refractivity (Wildman–Crippen MR) is 121 cm³/mol. The van der Waals surface area contributed by atoms with Gasteiger partial charge in [0.2, 0.25) is 5.91 Å². The molecule has 32 heavy (non-hydrogen) atoms. The standard InChI is InChI=1S/C25H31NO6/c1-18-6-8-20(9-7-18)10-13-24(28)26-14-16-32-25(29)5-4-15-31-22-12-11-21(19(2)27)17-23(22)30-3/h6-9,11-12,17H,4-5,10,13-16H2,1-3H3,(H,26,28). The molecule has 0 aliphatic carbocycles. The zero-order valence-corrected chi connectivity index (χ0v) is 18.9. The van der Waals surface area contributed by atoms with E-state index in [1.807, 2.05) is 31.2 Å². The van der Waals surface area contributed by atoms with Crippen molar-refractivity contribution in [2.75, 3.05) is 26.9 Å². The first-order chi connectivity index (χ1) is 15.4. The fourth-order valence-electron chi connectivity index (χ4n) is 2.93. The highest BCUT2D eigenvalue weighted by molar-refractivity contribution is 5.94. The Morgan fingerprint density at radius 2 is 1.69 bits per heavy atom. The van der Waals surface area contributed by atoms with Crippen molar-refractivity contribution in [2.24, 2.45) is 0 Å². The molecule has 7 heteroatoms. The third-order valence-electron chi connectivity index (χ3n) is 4.80. The Labute approximate surface area is 189 Å². The zero-order valence-electron chi connectivity index (χ0n) is 18.9. The van der Waals surface area contributed by atoms with Gasteiger partial charge < -0.3 is 19.5 Å². The summed E-state index contributed by atoms with van der Waals surface area (Å²) < 4.78 is 16.0. The lowest BCUT2D eigenvalue weighted by atomic mass is 10.1. The smallest absolute Gasteiger partial charge is 0.305 e. The molecule has 1 N–H and O–H groups in total. The molecule has 0 atom stereocenters. The van der Waals surface area contributed by atoms with E-state index in [0.717, 1.165) is 5.56 Å². The van der Waals surface area contributed by atoms with Crippen LogP contribution in [0.5, 0.6) is 11.5 Å². The first-order valence-electron chi connectivity index (χ1n) is 10.7. The Bertz CT molecular complexity index is 907. The number of Topliss-reactive ketones (excluding diaryl/α,β-unsaturated/α-hetero) is 1. The maximum Gasteiger partial charge on any atom is 0.305 e. The monoisotopic (exact) mass is 441 g/mol. The number of carbonyl (C=O) groups excluding carboxylic acids is 3. The molecule has 0 bridgehead atoms. The highest BCUT2D eigenvalue weighted by Crippen LogP contribution is 2.28. The van der Waals surface area contributed by atoms with Crippen LogP contribution in [0.1, 0.15) is 47.7 Å². The number of nitrogens with one attached hydrogen (secondary N) is 1. The molecule has 0 fully saturated rings. The van der Waals surface area contributed by atoms with Gasteiger partial charge in [-0.25, -0.2) is 0 Å². The summed E-state index contributed by atoms with van der Waals surface area (Å²) in [4.78, 5) is 35.2. The lowest BCUT2D eigenvalue weighted by Crippen LogP contribution is -2.28. The van der Waals surface area contributed by atoms with Crippen LogP contribution < -0.4 is 14.8 Å². The molecule has 0 unspecified atom stereocenters. The number of amides is 1. The first-order valence-corrected chi connectivity index (χ1v) is 10.7. The number of aryl methyl sites for hydroxylation is 2. The van der Waals surface area contributed by atoms with Crippen LogP contribution in [0, 0.1) is 6.92 Å². The molecule has 0 aliphatic rings. The van der Waals surface area contributed by atoms with Crippen LogP contribution in [-0.4, -0.2) is 44.5 Å². The van der Waals surface area contributed by atoms with Gasteiger partial charge in [-0.05, 0) is 50.5 Å². The molecular formula is C25H31NO6. The van der Waals surface area contributed by atoms with Crippen molar-refractivity contribution in [1.29, 1.82) is 0 Å². The highest BCUT2D eigenvalue weighted by Gasteiger charge is 2.09. The molecular weight excluding hydrogens is 410 g/mol. The predicted octanol–water partition coefficient (Wildman–Crippen LogP) is 3.66. The van der Waals surface area contributed by atoms with Crippen molar-refractivity contribution in [3.8, 4) is 11.5 Å². The summed E-state index contributed by atoms with van der Waals surface area (Å²) in [6.45, 7) is 4.24. The second-order valence-corrected chi connectivity index (χ2v) is 7.43. The topological polar surface area (TPSA) is 90.9 Å². The van der Waals surface area contributed by atoms with E-state index in [1.165, 1.54) is 19.6 Å².